The lowest BCUT2D eigenvalue weighted by Crippen LogP contribution is -2.55. The van der Waals surface area contributed by atoms with Crippen LogP contribution in [-0.4, -0.2) is 55.2 Å². The number of amides is 1. The minimum atomic E-state index is -3.04. The second-order valence-electron chi connectivity index (χ2n) is 10.8. The van der Waals surface area contributed by atoms with Crippen LogP contribution in [0.1, 0.15) is 51.3 Å². The molecule has 6 rings (SSSR count). The predicted molar refractivity (Wildman–Crippen MR) is 155 cm³/mol. The van der Waals surface area contributed by atoms with Gasteiger partial charge in [0.25, 0.3) is 5.91 Å². The van der Waals surface area contributed by atoms with Crippen molar-refractivity contribution in [3.05, 3.63) is 106 Å². The molecule has 2 atom stereocenters. The largest absolute Gasteiger partial charge is 0.396 e. The second kappa shape index (κ2) is 11.2. The SMILES string of the molecule is [2H]C([2H])(O)C1(C([2H])([2H])ON2C(=O)c3c(ccc(-c4ccc(Cl)cc4)c3F)[C@]2(Cc2cccc(C#N)n2)C(O)Cc2ccn(C)n2)CC1. The Balaban J connectivity index is 1.58. The highest BCUT2D eigenvalue weighted by atomic mass is 35.5. The van der Waals surface area contributed by atoms with Gasteiger partial charge in [-0.3, -0.25) is 14.3 Å². The molecule has 1 amide bonds. The summed E-state index contributed by atoms with van der Waals surface area (Å²) in [7, 11) is 1.67. The van der Waals surface area contributed by atoms with E-state index in [-0.39, 0.29) is 48.2 Å². The monoisotopic (exact) mass is 605 g/mol. The van der Waals surface area contributed by atoms with E-state index in [1.165, 1.54) is 22.9 Å². The molecule has 2 aromatic heterocycles. The van der Waals surface area contributed by atoms with Crippen molar-refractivity contribution in [1.29, 1.82) is 5.26 Å². The summed E-state index contributed by atoms with van der Waals surface area (Å²) in [5.41, 5.74) is -3.63. The first kappa shape index (κ1) is 24.3. The summed E-state index contributed by atoms with van der Waals surface area (Å²) < 4.78 is 51.8. The number of fused-ring (bicyclic) bond motifs is 1. The van der Waals surface area contributed by atoms with Gasteiger partial charge in [-0.1, -0.05) is 41.9 Å². The van der Waals surface area contributed by atoms with Crippen LogP contribution in [-0.2, 0) is 30.3 Å². The minimum absolute atomic E-state index is 0.0267. The molecule has 220 valence electrons. The van der Waals surface area contributed by atoms with Crippen LogP contribution in [0.2, 0.25) is 5.02 Å². The zero-order valence-corrected chi connectivity index (χ0v) is 23.7. The smallest absolute Gasteiger partial charge is 0.281 e. The van der Waals surface area contributed by atoms with Gasteiger partial charge in [0.15, 0.2) is 0 Å². The van der Waals surface area contributed by atoms with Gasteiger partial charge in [-0.2, -0.15) is 10.4 Å². The Hall–Kier alpha value is -4.14. The van der Waals surface area contributed by atoms with E-state index >= 15 is 4.39 Å². The number of rotatable bonds is 10. The number of pyridine rings is 1. The highest BCUT2D eigenvalue weighted by Gasteiger charge is 2.58. The lowest BCUT2D eigenvalue weighted by Gasteiger charge is -2.41. The van der Waals surface area contributed by atoms with Crippen LogP contribution in [0.3, 0.4) is 0 Å². The van der Waals surface area contributed by atoms with E-state index < -0.39 is 47.5 Å². The van der Waals surface area contributed by atoms with Crippen molar-refractivity contribution in [3.8, 4) is 17.2 Å². The Morgan fingerprint density at radius 2 is 1.95 bits per heavy atom. The molecule has 0 bridgehead atoms. The van der Waals surface area contributed by atoms with Crippen molar-refractivity contribution < 1.29 is 29.7 Å². The zero-order valence-electron chi connectivity index (χ0n) is 27.0. The zero-order chi connectivity index (χ0) is 33.9. The van der Waals surface area contributed by atoms with Gasteiger partial charge in [-0.05, 0) is 54.3 Å². The number of halogens is 2. The lowest BCUT2D eigenvalue weighted by molar-refractivity contribution is -0.221. The Kier molecular flexibility index (Phi) is 6.32. The third-order valence-corrected chi connectivity index (χ3v) is 8.17. The van der Waals surface area contributed by atoms with Crippen LogP contribution >= 0.6 is 11.6 Å². The molecular formula is C32H29ClFN5O4. The average molecular weight is 606 g/mol. The van der Waals surface area contributed by atoms with Crippen LogP contribution in [0.25, 0.3) is 11.1 Å². The maximum absolute atomic E-state index is 16.7. The number of carbonyl (C=O) groups excluding carboxylic acids is 1. The number of nitrogens with zero attached hydrogens (tertiary/aromatic N) is 5. The molecule has 1 aliphatic heterocycles. The summed E-state index contributed by atoms with van der Waals surface area (Å²) in [4.78, 5) is 24.6. The van der Waals surface area contributed by atoms with Gasteiger partial charge in [0.1, 0.15) is 23.1 Å². The van der Waals surface area contributed by atoms with E-state index in [1.807, 2.05) is 6.07 Å². The Morgan fingerprint density at radius 3 is 2.60 bits per heavy atom. The number of hydrogen-bond donors (Lipinski definition) is 2. The molecule has 0 spiro atoms. The fraction of sp³-hybridized carbons (Fsp3) is 0.312. The number of aliphatic hydroxyl groups is 2. The van der Waals surface area contributed by atoms with Gasteiger partial charge in [0, 0.05) is 47.8 Å². The maximum Gasteiger partial charge on any atom is 0.281 e. The van der Waals surface area contributed by atoms with Gasteiger partial charge >= 0.3 is 0 Å². The first-order chi connectivity index (χ1) is 22.1. The van der Waals surface area contributed by atoms with E-state index in [9.17, 15) is 20.3 Å². The molecule has 1 saturated carbocycles. The summed E-state index contributed by atoms with van der Waals surface area (Å²) in [5, 5.41) is 37.4. The summed E-state index contributed by atoms with van der Waals surface area (Å²) in [6, 6.07) is 17.3. The van der Waals surface area contributed by atoms with Crippen molar-refractivity contribution in [1.82, 2.24) is 19.8 Å². The molecule has 3 heterocycles. The topological polar surface area (TPSA) is 125 Å². The van der Waals surface area contributed by atoms with Crippen molar-refractivity contribution in [2.75, 3.05) is 13.1 Å². The predicted octanol–water partition coefficient (Wildman–Crippen LogP) is 4.35. The van der Waals surface area contributed by atoms with E-state index in [0.717, 1.165) is 0 Å². The molecule has 2 aliphatic rings. The van der Waals surface area contributed by atoms with Crippen molar-refractivity contribution in [2.45, 2.75) is 37.3 Å². The Morgan fingerprint density at radius 1 is 1.19 bits per heavy atom. The number of aliphatic hydroxyl groups excluding tert-OH is 1. The molecule has 11 heteroatoms. The number of aryl methyl sites for hydroxylation is 1. The molecule has 0 saturated heterocycles. The van der Waals surface area contributed by atoms with Gasteiger partial charge in [0.05, 0.1) is 36.0 Å². The first-order valence-corrected chi connectivity index (χ1v) is 13.9. The average Bonchev–Trinajstić information content (AvgIpc) is 3.72. The summed E-state index contributed by atoms with van der Waals surface area (Å²) in [6.45, 7) is -6.06. The van der Waals surface area contributed by atoms with Crippen molar-refractivity contribution in [2.24, 2.45) is 12.5 Å². The van der Waals surface area contributed by atoms with E-state index in [4.69, 9.17) is 21.9 Å². The minimum Gasteiger partial charge on any atom is -0.396 e. The third kappa shape index (κ3) is 5.19. The number of aromatic nitrogens is 3. The molecule has 2 aromatic carbocycles. The number of benzene rings is 2. The highest BCUT2D eigenvalue weighted by molar-refractivity contribution is 6.30. The molecule has 1 fully saturated rings. The van der Waals surface area contributed by atoms with Gasteiger partial charge < -0.3 is 10.2 Å². The first-order valence-electron chi connectivity index (χ1n) is 15.5. The molecule has 1 aliphatic carbocycles. The van der Waals surface area contributed by atoms with Crippen LogP contribution in [0.5, 0.6) is 0 Å². The van der Waals surface area contributed by atoms with E-state index in [1.54, 1.807) is 55.7 Å². The fourth-order valence-electron chi connectivity index (χ4n) is 5.46. The number of nitriles is 1. The normalized spacial score (nSPS) is 21.3. The fourth-order valence-corrected chi connectivity index (χ4v) is 5.59. The van der Waals surface area contributed by atoms with Crippen molar-refractivity contribution >= 4 is 17.5 Å². The number of carbonyl (C=O) groups is 1. The van der Waals surface area contributed by atoms with Crippen molar-refractivity contribution in [3.63, 3.8) is 0 Å². The lowest BCUT2D eigenvalue weighted by atomic mass is 9.78. The number of hydrogen-bond acceptors (Lipinski definition) is 7. The van der Waals surface area contributed by atoms with E-state index in [0.29, 0.717) is 21.3 Å². The van der Waals surface area contributed by atoms with Crippen LogP contribution < -0.4 is 0 Å². The molecule has 4 aromatic rings. The molecule has 9 nitrogen and oxygen atoms in total. The van der Waals surface area contributed by atoms with Gasteiger partial charge in [-0.25, -0.2) is 14.4 Å². The molecular weight excluding hydrogens is 573 g/mol. The summed E-state index contributed by atoms with van der Waals surface area (Å²) >= 11 is 6.04. The molecule has 0 radical (unpaired) electrons. The van der Waals surface area contributed by atoms with Crippen LogP contribution in [0, 0.1) is 22.6 Å². The van der Waals surface area contributed by atoms with E-state index in [2.05, 4.69) is 10.1 Å². The van der Waals surface area contributed by atoms with Gasteiger partial charge in [0.2, 0.25) is 0 Å². The summed E-state index contributed by atoms with van der Waals surface area (Å²) in [6.07, 6.45) is -0.782. The molecule has 2 N–H and O–H groups in total. The molecule has 43 heavy (non-hydrogen) atoms. The number of hydroxylamine groups is 2. The Labute approximate surface area is 258 Å². The third-order valence-electron chi connectivity index (χ3n) is 7.92. The van der Waals surface area contributed by atoms with Crippen LogP contribution in [0.15, 0.2) is 66.9 Å². The Bertz CT molecular complexity index is 1910. The quantitative estimate of drug-likeness (QED) is 0.275. The van der Waals surface area contributed by atoms with Gasteiger partial charge in [-0.15, -0.1) is 0 Å². The standard InChI is InChI=1S/C32H29ClFN5O4/c1-38-14-11-22(37-38)15-27(41)32(16-23-3-2-4-24(17-35)36-23)26-10-9-25(20-5-7-21(33)8-6-20)29(34)28(26)30(42)39(32)43-19-31(18-40)12-13-31/h2-11,14,27,40-41H,12-13,15-16,18-19H2,1H3/t27?,32-/m1/s1/i18D2,19D2. The molecule has 1 unspecified atom stereocenters. The van der Waals surface area contributed by atoms with Crippen LogP contribution in [0.4, 0.5) is 4.39 Å². The summed E-state index contributed by atoms with van der Waals surface area (Å²) in [5.74, 6) is -2.10. The second-order valence-corrected chi connectivity index (χ2v) is 11.2. The highest BCUT2D eigenvalue weighted by Crippen LogP contribution is 2.50. The maximum atomic E-state index is 16.7.